The number of anilines is 1. The summed E-state index contributed by atoms with van der Waals surface area (Å²) in [5, 5.41) is 3.24. The molecule has 0 aliphatic carbocycles. The lowest BCUT2D eigenvalue weighted by atomic mass is 10.1. The average molecular weight is 265 g/mol. The Morgan fingerprint density at radius 3 is 2.47 bits per heavy atom. The fraction of sp³-hybridized carbons (Fsp3) is 0.643. The summed E-state index contributed by atoms with van der Waals surface area (Å²) in [6.07, 6.45) is 2.08. The van der Waals surface area contributed by atoms with E-state index < -0.39 is 0 Å². The molecule has 1 aromatic rings. The Morgan fingerprint density at radius 1 is 1.32 bits per heavy atom. The van der Waals surface area contributed by atoms with E-state index in [1.807, 2.05) is 19.3 Å². The van der Waals surface area contributed by atoms with Crippen LogP contribution in [0.4, 0.5) is 5.82 Å². The summed E-state index contributed by atoms with van der Waals surface area (Å²) in [4.78, 5) is 6.68. The second kappa shape index (κ2) is 6.32. The third-order valence-electron chi connectivity index (χ3n) is 3.85. The number of rotatable bonds is 5. The Kier molecular flexibility index (Phi) is 4.74. The second-order valence-electron chi connectivity index (χ2n) is 4.91. The molecule has 0 radical (unpaired) electrons. The van der Waals surface area contributed by atoms with E-state index in [9.17, 15) is 0 Å². The van der Waals surface area contributed by atoms with E-state index in [0.717, 1.165) is 18.9 Å². The van der Waals surface area contributed by atoms with Crippen LogP contribution in [0.1, 0.15) is 18.5 Å². The number of ether oxygens (including phenoxy) is 2. The van der Waals surface area contributed by atoms with Crippen LogP contribution in [0.25, 0.3) is 0 Å². The lowest BCUT2D eigenvalue weighted by molar-refractivity contribution is -0.00461. The molecule has 2 heterocycles. The van der Waals surface area contributed by atoms with Crippen LogP contribution < -0.4 is 10.2 Å². The van der Waals surface area contributed by atoms with Crippen LogP contribution in [0.15, 0.2) is 18.3 Å². The first-order chi connectivity index (χ1) is 9.19. The molecule has 1 fully saturated rings. The molecule has 106 valence electrons. The monoisotopic (exact) mass is 265 g/mol. The quantitative estimate of drug-likeness (QED) is 0.867. The first kappa shape index (κ1) is 14.2. The summed E-state index contributed by atoms with van der Waals surface area (Å²) in [6, 6.07) is 4.50. The highest BCUT2D eigenvalue weighted by Gasteiger charge is 2.33. The molecule has 1 aliphatic heterocycles. The minimum absolute atomic E-state index is 0.108. The highest BCUT2D eigenvalue weighted by Crippen LogP contribution is 2.24. The summed E-state index contributed by atoms with van der Waals surface area (Å²) in [7, 11) is 5.42. The van der Waals surface area contributed by atoms with Gasteiger partial charge in [-0.3, -0.25) is 0 Å². The average Bonchev–Trinajstić information content (AvgIpc) is 2.89. The van der Waals surface area contributed by atoms with Gasteiger partial charge in [0.2, 0.25) is 0 Å². The Balaban J connectivity index is 2.14. The zero-order valence-corrected chi connectivity index (χ0v) is 12.1. The lowest BCUT2D eigenvalue weighted by Crippen LogP contribution is -2.27. The van der Waals surface area contributed by atoms with Crippen molar-refractivity contribution in [2.45, 2.75) is 25.2 Å². The Labute approximate surface area is 114 Å². The van der Waals surface area contributed by atoms with Gasteiger partial charge in [0.15, 0.2) is 0 Å². The molecule has 1 N–H and O–H groups in total. The maximum atomic E-state index is 5.46. The van der Waals surface area contributed by atoms with E-state index in [1.165, 1.54) is 5.56 Å². The number of hydrogen-bond donors (Lipinski definition) is 1. The predicted octanol–water partition coefficient (Wildman–Crippen LogP) is 1.21. The van der Waals surface area contributed by atoms with Crippen LogP contribution in [0, 0.1) is 0 Å². The van der Waals surface area contributed by atoms with Crippen molar-refractivity contribution in [2.75, 3.05) is 39.3 Å². The van der Waals surface area contributed by atoms with Crippen molar-refractivity contribution in [3.8, 4) is 0 Å². The maximum Gasteiger partial charge on any atom is 0.128 e. The molecule has 5 nitrogen and oxygen atoms in total. The number of hydrogen-bond acceptors (Lipinski definition) is 5. The van der Waals surface area contributed by atoms with E-state index in [2.05, 4.69) is 28.2 Å². The van der Waals surface area contributed by atoms with Crippen LogP contribution >= 0.6 is 0 Å². The number of aromatic nitrogens is 1. The first-order valence-corrected chi connectivity index (χ1v) is 6.63. The van der Waals surface area contributed by atoms with Crippen molar-refractivity contribution in [2.24, 2.45) is 0 Å². The van der Waals surface area contributed by atoms with Crippen LogP contribution in [-0.2, 0) is 9.47 Å². The summed E-state index contributed by atoms with van der Waals surface area (Å²) >= 11 is 0. The summed E-state index contributed by atoms with van der Waals surface area (Å²) in [5.74, 6) is 0.987. The van der Waals surface area contributed by atoms with Crippen LogP contribution in [0.2, 0.25) is 0 Å². The topological polar surface area (TPSA) is 46.6 Å². The fourth-order valence-electron chi connectivity index (χ4n) is 2.43. The number of nitrogens with zero attached hydrogens (tertiary/aromatic N) is 2. The molecule has 0 aromatic carbocycles. The highest BCUT2D eigenvalue weighted by atomic mass is 16.5. The Hall–Kier alpha value is -1.17. The molecular formula is C14H23N3O2. The zero-order chi connectivity index (χ0) is 13.8. The molecule has 0 bridgehead atoms. The molecule has 0 saturated carbocycles. The van der Waals surface area contributed by atoms with Crippen molar-refractivity contribution < 1.29 is 9.47 Å². The molecule has 0 amide bonds. The van der Waals surface area contributed by atoms with E-state index in [0.29, 0.717) is 6.04 Å². The molecule has 1 saturated heterocycles. The minimum atomic E-state index is 0.108. The van der Waals surface area contributed by atoms with Crippen LogP contribution in [0.5, 0.6) is 0 Å². The van der Waals surface area contributed by atoms with E-state index >= 15 is 0 Å². The highest BCUT2D eigenvalue weighted by molar-refractivity contribution is 5.43. The van der Waals surface area contributed by atoms with Crippen molar-refractivity contribution in [1.29, 1.82) is 0 Å². The van der Waals surface area contributed by atoms with Crippen molar-refractivity contribution >= 4 is 5.82 Å². The van der Waals surface area contributed by atoms with Gasteiger partial charge in [-0.2, -0.15) is 0 Å². The molecule has 3 atom stereocenters. The van der Waals surface area contributed by atoms with Gasteiger partial charge in [0, 0.05) is 39.5 Å². The second-order valence-corrected chi connectivity index (χ2v) is 4.91. The van der Waals surface area contributed by atoms with Gasteiger partial charge in [0.25, 0.3) is 0 Å². The number of nitrogens with one attached hydrogen (secondary N) is 1. The molecule has 1 aliphatic rings. The number of methoxy groups -OCH3 is 2. The maximum absolute atomic E-state index is 5.46. The van der Waals surface area contributed by atoms with Gasteiger partial charge in [0.1, 0.15) is 18.0 Å². The molecule has 1 aromatic heterocycles. The van der Waals surface area contributed by atoms with Gasteiger partial charge in [-0.25, -0.2) is 4.98 Å². The van der Waals surface area contributed by atoms with E-state index in [1.54, 1.807) is 14.2 Å². The van der Waals surface area contributed by atoms with E-state index in [-0.39, 0.29) is 12.2 Å². The normalized spacial score (nSPS) is 24.7. The molecule has 0 spiro atoms. The van der Waals surface area contributed by atoms with Crippen molar-refractivity contribution in [3.05, 3.63) is 23.9 Å². The predicted molar refractivity (Wildman–Crippen MR) is 75.5 cm³/mol. The van der Waals surface area contributed by atoms with E-state index in [4.69, 9.17) is 9.47 Å². The number of pyridine rings is 1. The first-order valence-electron chi connectivity index (χ1n) is 6.63. The Bertz CT molecular complexity index is 401. The van der Waals surface area contributed by atoms with Gasteiger partial charge >= 0.3 is 0 Å². The summed E-state index contributed by atoms with van der Waals surface area (Å²) < 4.78 is 10.9. The zero-order valence-electron chi connectivity index (χ0n) is 12.1. The van der Waals surface area contributed by atoms with Crippen LogP contribution in [-0.4, -0.2) is 51.5 Å². The third-order valence-corrected chi connectivity index (χ3v) is 3.85. The van der Waals surface area contributed by atoms with Crippen molar-refractivity contribution in [3.63, 3.8) is 0 Å². The molecule has 19 heavy (non-hydrogen) atoms. The SMILES string of the molecule is CNC(C)c1ccnc(N2CC(OC)C(OC)C2)c1. The molecule has 2 rings (SSSR count). The largest absolute Gasteiger partial charge is 0.377 e. The van der Waals surface area contributed by atoms with Gasteiger partial charge in [-0.05, 0) is 31.7 Å². The van der Waals surface area contributed by atoms with Gasteiger partial charge < -0.3 is 19.7 Å². The minimum Gasteiger partial charge on any atom is -0.377 e. The summed E-state index contributed by atoms with van der Waals surface area (Å²) in [6.45, 7) is 3.78. The lowest BCUT2D eigenvalue weighted by Gasteiger charge is -2.19. The van der Waals surface area contributed by atoms with Gasteiger partial charge in [-0.15, -0.1) is 0 Å². The van der Waals surface area contributed by atoms with Crippen LogP contribution in [0.3, 0.4) is 0 Å². The molecule has 5 heteroatoms. The Morgan fingerprint density at radius 2 is 1.95 bits per heavy atom. The summed E-state index contributed by atoms with van der Waals surface area (Å²) in [5.41, 5.74) is 1.24. The smallest absolute Gasteiger partial charge is 0.128 e. The van der Waals surface area contributed by atoms with Gasteiger partial charge in [0.05, 0.1) is 0 Å². The van der Waals surface area contributed by atoms with Crippen molar-refractivity contribution in [1.82, 2.24) is 10.3 Å². The third kappa shape index (κ3) is 3.05. The standard InChI is InChI=1S/C14H23N3O2/c1-10(15-2)11-5-6-16-14(7-11)17-8-12(18-3)13(9-17)19-4/h5-7,10,12-13,15H,8-9H2,1-4H3. The molecular weight excluding hydrogens is 242 g/mol. The molecule has 3 unspecified atom stereocenters. The fourth-order valence-corrected chi connectivity index (χ4v) is 2.43. The van der Waals surface area contributed by atoms with Gasteiger partial charge in [-0.1, -0.05) is 0 Å².